The van der Waals surface area contributed by atoms with E-state index >= 15 is 0 Å². The van der Waals surface area contributed by atoms with Crippen molar-refractivity contribution in [3.05, 3.63) is 48.7 Å². The maximum Gasteiger partial charge on any atom is 0.0453 e. The van der Waals surface area contributed by atoms with Crippen molar-refractivity contribution in [1.29, 1.82) is 0 Å². The number of hydrogen-bond acceptors (Lipinski definition) is 1. The summed E-state index contributed by atoms with van der Waals surface area (Å²) < 4.78 is 0. The monoisotopic (exact) mass is 159 g/mol. The lowest BCUT2D eigenvalue weighted by Gasteiger charge is -2.03. The molecule has 62 valence electrons. The molecule has 0 spiro atoms. The van der Waals surface area contributed by atoms with Gasteiger partial charge in [-0.1, -0.05) is 36.9 Å². The minimum Gasteiger partial charge on any atom is -0.362 e. The largest absolute Gasteiger partial charge is 0.362 e. The van der Waals surface area contributed by atoms with Gasteiger partial charge in [0.1, 0.15) is 0 Å². The van der Waals surface area contributed by atoms with Crippen LogP contribution in [0.3, 0.4) is 0 Å². The average Bonchev–Trinajstić information content (AvgIpc) is 2.15. The van der Waals surface area contributed by atoms with E-state index in [4.69, 9.17) is 0 Å². The fraction of sp³-hybridized carbons (Fsp3) is 0.0909. The fourth-order valence-electron chi connectivity index (χ4n) is 0.980. The zero-order valence-corrected chi connectivity index (χ0v) is 7.25. The molecule has 12 heavy (non-hydrogen) atoms. The summed E-state index contributed by atoms with van der Waals surface area (Å²) in [6.45, 7) is 5.71. The first-order valence-corrected chi connectivity index (χ1v) is 3.97. The summed E-state index contributed by atoms with van der Waals surface area (Å²) in [5.74, 6) is 0. The van der Waals surface area contributed by atoms with Gasteiger partial charge in [0.05, 0.1) is 0 Å². The lowest BCUT2D eigenvalue weighted by molar-refractivity contribution is 1.54. The molecule has 0 bridgehead atoms. The second-order valence-corrected chi connectivity index (χ2v) is 2.44. The molecular weight excluding hydrogens is 146 g/mol. The van der Waals surface area contributed by atoms with E-state index in [-0.39, 0.29) is 0 Å². The van der Waals surface area contributed by atoms with Crippen molar-refractivity contribution in [3.8, 4) is 0 Å². The van der Waals surface area contributed by atoms with Crippen LogP contribution in [0, 0.1) is 0 Å². The molecule has 1 nitrogen and oxygen atoms in total. The van der Waals surface area contributed by atoms with Gasteiger partial charge in [0.2, 0.25) is 0 Å². The van der Waals surface area contributed by atoms with Crippen LogP contribution in [0.2, 0.25) is 0 Å². The molecule has 0 aliphatic rings. The molecule has 0 amide bonds. The van der Waals surface area contributed by atoms with Gasteiger partial charge in [-0.2, -0.15) is 0 Å². The molecule has 1 aromatic rings. The average molecular weight is 159 g/mol. The second-order valence-electron chi connectivity index (χ2n) is 2.44. The Labute approximate surface area is 73.4 Å². The molecule has 0 aliphatic carbocycles. The number of benzene rings is 1. The molecule has 0 radical (unpaired) electrons. The number of nitrogens with one attached hydrogen (secondary N) is 1. The van der Waals surface area contributed by atoms with Crippen LogP contribution in [0.1, 0.15) is 12.5 Å². The molecule has 0 heterocycles. The van der Waals surface area contributed by atoms with E-state index in [1.165, 1.54) is 0 Å². The Hall–Kier alpha value is -1.50. The molecule has 0 unspecified atom stereocenters. The number of anilines is 1. The third-order valence-electron chi connectivity index (χ3n) is 1.59. The van der Waals surface area contributed by atoms with Crippen LogP contribution >= 0.6 is 0 Å². The Morgan fingerprint density at radius 3 is 2.75 bits per heavy atom. The van der Waals surface area contributed by atoms with Gasteiger partial charge in [0, 0.05) is 5.69 Å². The van der Waals surface area contributed by atoms with E-state index in [0.29, 0.717) is 0 Å². The summed E-state index contributed by atoms with van der Waals surface area (Å²) in [6.07, 6.45) is 5.70. The molecular formula is C11H13N. The fourth-order valence-corrected chi connectivity index (χ4v) is 0.980. The number of rotatable bonds is 3. The lowest BCUT2D eigenvalue weighted by Crippen LogP contribution is -1.89. The minimum atomic E-state index is 1.09. The van der Waals surface area contributed by atoms with E-state index in [1.54, 1.807) is 0 Å². The van der Waals surface area contributed by atoms with Crippen molar-refractivity contribution in [2.45, 2.75) is 6.92 Å². The Morgan fingerprint density at radius 2 is 2.08 bits per heavy atom. The summed E-state index contributed by atoms with van der Waals surface area (Å²) >= 11 is 0. The predicted octanol–water partition coefficient (Wildman–Crippen LogP) is 3.28. The highest BCUT2D eigenvalue weighted by Gasteiger charge is 1.92. The van der Waals surface area contributed by atoms with Crippen LogP contribution in [-0.4, -0.2) is 0 Å². The topological polar surface area (TPSA) is 12.0 Å². The van der Waals surface area contributed by atoms with Gasteiger partial charge in [0.15, 0.2) is 0 Å². The zero-order valence-electron chi connectivity index (χ0n) is 7.25. The van der Waals surface area contributed by atoms with Crippen molar-refractivity contribution >= 4 is 11.8 Å². The van der Waals surface area contributed by atoms with Crippen molar-refractivity contribution in [3.63, 3.8) is 0 Å². The summed E-state index contributed by atoms with van der Waals surface area (Å²) in [5.41, 5.74) is 2.21. The summed E-state index contributed by atoms with van der Waals surface area (Å²) in [6, 6.07) is 8.05. The first kappa shape index (κ1) is 8.60. The van der Waals surface area contributed by atoms with Crippen LogP contribution in [-0.2, 0) is 0 Å². The van der Waals surface area contributed by atoms with Gasteiger partial charge in [0.25, 0.3) is 0 Å². The summed E-state index contributed by atoms with van der Waals surface area (Å²) in [7, 11) is 0. The Bertz CT molecular complexity index is 287. The van der Waals surface area contributed by atoms with Gasteiger partial charge >= 0.3 is 0 Å². The first-order chi connectivity index (χ1) is 5.88. The standard InChI is InChI=1S/C11H13N/c1-3-9-12-11-8-6-5-7-10(11)4-2/h3-9,12H,2H2,1H3/b9-3-. The Kier molecular flexibility index (Phi) is 3.15. The molecule has 1 rings (SSSR count). The maximum atomic E-state index is 3.74. The molecule has 0 saturated carbocycles. The summed E-state index contributed by atoms with van der Waals surface area (Å²) in [4.78, 5) is 0. The highest BCUT2D eigenvalue weighted by atomic mass is 14.8. The second kappa shape index (κ2) is 4.39. The molecule has 1 aromatic carbocycles. The number of para-hydroxylation sites is 1. The Morgan fingerprint density at radius 1 is 1.33 bits per heavy atom. The van der Waals surface area contributed by atoms with Gasteiger partial charge in [-0.15, -0.1) is 0 Å². The molecule has 0 atom stereocenters. The van der Waals surface area contributed by atoms with Crippen molar-refractivity contribution in [1.82, 2.24) is 0 Å². The van der Waals surface area contributed by atoms with Gasteiger partial charge in [-0.3, -0.25) is 0 Å². The van der Waals surface area contributed by atoms with Gasteiger partial charge in [-0.25, -0.2) is 0 Å². The van der Waals surface area contributed by atoms with Crippen molar-refractivity contribution in [2.75, 3.05) is 5.32 Å². The maximum absolute atomic E-state index is 3.74. The number of allylic oxidation sites excluding steroid dienone is 1. The molecule has 0 fully saturated rings. The molecule has 0 aliphatic heterocycles. The third-order valence-corrected chi connectivity index (χ3v) is 1.59. The highest BCUT2D eigenvalue weighted by Crippen LogP contribution is 2.15. The van der Waals surface area contributed by atoms with Crippen LogP contribution in [0.25, 0.3) is 6.08 Å². The van der Waals surface area contributed by atoms with Gasteiger partial charge < -0.3 is 5.32 Å². The van der Waals surface area contributed by atoms with Crippen LogP contribution in [0.4, 0.5) is 5.69 Å². The van der Waals surface area contributed by atoms with E-state index < -0.39 is 0 Å². The highest BCUT2D eigenvalue weighted by molar-refractivity contribution is 5.66. The van der Waals surface area contributed by atoms with E-state index in [1.807, 2.05) is 49.5 Å². The predicted molar refractivity (Wildman–Crippen MR) is 55.0 cm³/mol. The normalized spacial score (nSPS) is 10.1. The lowest BCUT2D eigenvalue weighted by atomic mass is 10.2. The first-order valence-electron chi connectivity index (χ1n) is 3.97. The van der Waals surface area contributed by atoms with Crippen LogP contribution in [0.5, 0.6) is 0 Å². The van der Waals surface area contributed by atoms with Crippen molar-refractivity contribution in [2.24, 2.45) is 0 Å². The molecule has 0 saturated heterocycles. The van der Waals surface area contributed by atoms with E-state index in [0.717, 1.165) is 11.3 Å². The quantitative estimate of drug-likeness (QED) is 0.713. The van der Waals surface area contributed by atoms with Crippen molar-refractivity contribution < 1.29 is 0 Å². The third kappa shape index (κ3) is 1.99. The zero-order chi connectivity index (χ0) is 8.81. The Balaban J connectivity index is 2.89. The van der Waals surface area contributed by atoms with Gasteiger partial charge in [-0.05, 0) is 24.8 Å². The summed E-state index contributed by atoms with van der Waals surface area (Å²) in [5, 5.41) is 3.16. The minimum absolute atomic E-state index is 1.09. The van der Waals surface area contributed by atoms with E-state index in [2.05, 4.69) is 11.9 Å². The molecule has 0 aromatic heterocycles. The molecule has 1 heteroatoms. The molecule has 1 N–H and O–H groups in total. The number of hydrogen-bond donors (Lipinski definition) is 1. The van der Waals surface area contributed by atoms with Crippen LogP contribution in [0.15, 0.2) is 43.1 Å². The van der Waals surface area contributed by atoms with E-state index in [9.17, 15) is 0 Å². The smallest absolute Gasteiger partial charge is 0.0453 e. The van der Waals surface area contributed by atoms with Crippen LogP contribution < -0.4 is 5.32 Å². The SMILES string of the molecule is C=Cc1ccccc1N/C=C\C.